The summed E-state index contributed by atoms with van der Waals surface area (Å²) >= 11 is 0. The highest BCUT2D eigenvalue weighted by Crippen LogP contribution is 2.07. The van der Waals surface area contributed by atoms with Gasteiger partial charge < -0.3 is 14.8 Å². The smallest absolute Gasteiger partial charge is 0.194 e. The Hall–Kier alpha value is -1.57. The maximum absolute atomic E-state index is 4.76. The summed E-state index contributed by atoms with van der Waals surface area (Å²) in [6.45, 7) is 7.60. The van der Waals surface area contributed by atoms with E-state index in [-0.39, 0.29) is 24.0 Å². The summed E-state index contributed by atoms with van der Waals surface area (Å²) in [6.07, 6.45) is 6.22. The van der Waals surface area contributed by atoms with Crippen molar-refractivity contribution in [1.82, 2.24) is 19.8 Å². The summed E-state index contributed by atoms with van der Waals surface area (Å²) in [5.41, 5.74) is 1.27. The predicted octanol–water partition coefficient (Wildman–Crippen LogP) is 3.75. The number of nitrogens with zero attached hydrogens (tertiary/aromatic N) is 4. The van der Waals surface area contributed by atoms with Gasteiger partial charge in [0.2, 0.25) is 0 Å². The van der Waals surface area contributed by atoms with E-state index in [1.165, 1.54) is 18.4 Å². The fourth-order valence-corrected chi connectivity index (χ4v) is 2.53. The number of aliphatic imine (C=N–C) groups is 1. The van der Waals surface area contributed by atoms with Gasteiger partial charge in [0, 0.05) is 39.1 Å². The van der Waals surface area contributed by atoms with Crippen LogP contribution in [0.2, 0.25) is 0 Å². The number of rotatable bonds is 8. The summed E-state index contributed by atoms with van der Waals surface area (Å²) in [5.74, 6) is 1.93. The molecule has 0 amide bonds. The number of hydrogen-bond acceptors (Lipinski definition) is 2. The number of unbranched alkanes of at least 4 members (excludes halogenated alkanes) is 1. The van der Waals surface area contributed by atoms with Crippen molar-refractivity contribution in [3.8, 4) is 0 Å². The first-order chi connectivity index (χ1) is 11.7. The fourth-order valence-electron chi connectivity index (χ4n) is 2.53. The Bertz CT molecular complexity index is 624. The first kappa shape index (κ1) is 21.5. The lowest BCUT2D eigenvalue weighted by molar-refractivity contribution is 0.464. The van der Waals surface area contributed by atoms with E-state index in [4.69, 9.17) is 4.99 Å². The summed E-state index contributed by atoms with van der Waals surface area (Å²) in [5, 5.41) is 3.36. The van der Waals surface area contributed by atoms with Gasteiger partial charge in [-0.2, -0.15) is 0 Å². The lowest BCUT2D eigenvalue weighted by Gasteiger charge is -2.21. The molecule has 1 aromatic heterocycles. The van der Waals surface area contributed by atoms with Crippen LogP contribution in [-0.2, 0) is 13.1 Å². The van der Waals surface area contributed by atoms with Crippen molar-refractivity contribution in [3.05, 3.63) is 54.1 Å². The molecular weight excluding hydrogens is 425 g/mol. The Balaban J connectivity index is 0.00000312. The average molecular weight is 455 g/mol. The van der Waals surface area contributed by atoms with E-state index >= 15 is 0 Å². The minimum absolute atomic E-state index is 0. The number of imidazole rings is 1. The molecule has 1 heterocycles. The first-order valence-electron chi connectivity index (χ1n) is 8.78. The van der Waals surface area contributed by atoms with Crippen LogP contribution in [0.3, 0.4) is 0 Å². The minimum Gasteiger partial charge on any atom is -0.357 e. The molecule has 0 aliphatic carbocycles. The minimum atomic E-state index is 0. The zero-order valence-corrected chi connectivity index (χ0v) is 17.8. The van der Waals surface area contributed by atoms with Crippen molar-refractivity contribution < 1.29 is 0 Å². The maximum atomic E-state index is 4.76. The zero-order chi connectivity index (χ0) is 17.2. The standard InChI is InChI=1S/C19H29N5.HI/c1-4-6-13-23(3)19(20-5-2)22-15-18-21-12-14-24(18)16-17-10-8-7-9-11-17;/h7-12,14H,4-6,13,15-16H2,1-3H3,(H,20,22);1H. The van der Waals surface area contributed by atoms with Gasteiger partial charge in [-0.3, -0.25) is 0 Å². The Kier molecular flexibility index (Phi) is 10.2. The first-order valence-corrected chi connectivity index (χ1v) is 8.78. The molecule has 0 saturated heterocycles. The highest BCUT2D eigenvalue weighted by Gasteiger charge is 2.07. The van der Waals surface area contributed by atoms with Gasteiger partial charge in [0.15, 0.2) is 5.96 Å². The molecule has 0 aliphatic rings. The van der Waals surface area contributed by atoms with Crippen LogP contribution in [0.1, 0.15) is 38.1 Å². The summed E-state index contributed by atoms with van der Waals surface area (Å²) in [7, 11) is 2.09. The lowest BCUT2D eigenvalue weighted by atomic mass is 10.2. The van der Waals surface area contributed by atoms with Crippen molar-refractivity contribution in [2.45, 2.75) is 39.8 Å². The van der Waals surface area contributed by atoms with Crippen LogP contribution in [0.4, 0.5) is 0 Å². The molecule has 0 fully saturated rings. The number of nitrogens with one attached hydrogen (secondary N) is 1. The van der Waals surface area contributed by atoms with Gasteiger partial charge in [0.05, 0.1) is 0 Å². The van der Waals surface area contributed by atoms with E-state index in [9.17, 15) is 0 Å². The summed E-state index contributed by atoms with van der Waals surface area (Å²) in [6, 6.07) is 10.4. The molecular formula is C19H30IN5. The zero-order valence-electron chi connectivity index (χ0n) is 15.5. The monoisotopic (exact) mass is 455 g/mol. The molecule has 1 aromatic carbocycles. The van der Waals surface area contributed by atoms with Crippen LogP contribution in [0, 0.1) is 0 Å². The molecule has 0 radical (unpaired) electrons. The van der Waals surface area contributed by atoms with Gasteiger partial charge in [-0.15, -0.1) is 24.0 Å². The molecule has 25 heavy (non-hydrogen) atoms. The van der Waals surface area contributed by atoms with Crippen LogP contribution in [0.5, 0.6) is 0 Å². The van der Waals surface area contributed by atoms with Crippen LogP contribution >= 0.6 is 24.0 Å². The van der Waals surface area contributed by atoms with Crippen molar-refractivity contribution >= 4 is 29.9 Å². The second-order valence-electron chi connectivity index (χ2n) is 5.90. The maximum Gasteiger partial charge on any atom is 0.194 e. The molecule has 2 aromatic rings. The Labute approximate surface area is 168 Å². The average Bonchev–Trinajstić information content (AvgIpc) is 3.04. The van der Waals surface area contributed by atoms with Gasteiger partial charge in [-0.1, -0.05) is 43.7 Å². The van der Waals surface area contributed by atoms with Gasteiger partial charge in [0.25, 0.3) is 0 Å². The quantitative estimate of drug-likeness (QED) is 0.375. The molecule has 0 unspecified atom stereocenters. The predicted molar refractivity (Wildman–Crippen MR) is 116 cm³/mol. The number of hydrogen-bond donors (Lipinski definition) is 1. The largest absolute Gasteiger partial charge is 0.357 e. The van der Waals surface area contributed by atoms with Crippen LogP contribution < -0.4 is 5.32 Å². The molecule has 0 aliphatic heterocycles. The second-order valence-corrected chi connectivity index (χ2v) is 5.90. The molecule has 0 spiro atoms. The van der Waals surface area contributed by atoms with Gasteiger partial charge in [-0.05, 0) is 18.9 Å². The van der Waals surface area contributed by atoms with Gasteiger partial charge >= 0.3 is 0 Å². The highest BCUT2D eigenvalue weighted by molar-refractivity contribution is 14.0. The molecule has 5 nitrogen and oxygen atoms in total. The molecule has 0 saturated carbocycles. The second kappa shape index (κ2) is 11.9. The van der Waals surface area contributed by atoms with Crippen molar-refractivity contribution in [3.63, 3.8) is 0 Å². The van der Waals surface area contributed by atoms with E-state index < -0.39 is 0 Å². The van der Waals surface area contributed by atoms with E-state index in [2.05, 4.69) is 64.9 Å². The van der Waals surface area contributed by atoms with Crippen molar-refractivity contribution in [2.24, 2.45) is 4.99 Å². The number of halogens is 1. The topological polar surface area (TPSA) is 45.5 Å². The Morgan fingerprint density at radius 2 is 2.00 bits per heavy atom. The Morgan fingerprint density at radius 1 is 1.24 bits per heavy atom. The van der Waals surface area contributed by atoms with Gasteiger partial charge in [0.1, 0.15) is 12.4 Å². The van der Waals surface area contributed by atoms with E-state index in [1.54, 1.807) is 0 Å². The lowest BCUT2D eigenvalue weighted by Crippen LogP contribution is -2.39. The molecule has 6 heteroatoms. The summed E-state index contributed by atoms with van der Waals surface area (Å²) < 4.78 is 2.16. The van der Waals surface area contributed by atoms with Gasteiger partial charge in [-0.25, -0.2) is 9.98 Å². The van der Waals surface area contributed by atoms with Crippen LogP contribution in [-0.4, -0.2) is 40.5 Å². The molecule has 1 N–H and O–H groups in total. The summed E-state index contributed by atoms with van der Waals surface area (Å²) in [4.78, 5) is 11.4. The van der Waals surface area contributed by atoms with Crippen molar-refractivity contribution in [2.75, 3.05) is 20.1 Å². The molecule has 2 rings (SSSR count). The third-order valence-electron chi connectivity index (χ3n) is 3.91. The third-order valence-corrected chi connectivity index (χ3v) is 3.91. The number of aromatic nitrogens is 2. The van der Waals surface area contributed by atoms with Crippen molar-refractivity contribution in [1.29, 1.82) is 0 Å². The van der Waals surface area contributed by atoms with E-state index in [0.29, 0.717) is 6.54 Å². The van der Waals surface area contributed by atoms with Crippen LogP contribution in [0.15, 0.2) is 47.7 Å². The normalized spacial score (nSPS) is 11.1. The van der Waals surface area contributed by atoms with E-state index in [0.717, 1.165) is 31.4 Å². The third kappa shape index (κ3) is 7.05. The van der Waals surface area contributed by atoms with Crippen LogP contribution in [0.25, 0.3) is 0 Å². The Morgan fingerprint density at radius 3 is 2.68 bits per heavy atom. The fraction of sp³-hybridized carbons (Fsp3) is 0.474. The highest BCUT2D eigenvalue weighted by atomic mass is 127. The SMILES string of the molecule is CCCCN(C)C(=NCc1nccn1Cc1ccccc1)NCC.I. The molecule has 0 atom stereocenters. The number of guanidine groups is 1. The number of benzene rings is 1. The van der Waals surface area contributed by atoms with E-state index in [1.807, 2.05) is 18.5 Å². The molecule has 138 valence electrons. The molecule has 0 bridgehead atoms.